The van der Waals surface area contributed by atoms with Gasteiger partial charge in [0, 0.05) is 30.7 Å². The number of rotatable bonds is 6. The Labute approximate surface area is 158 Å². The van der Waals surface area contributed by atoms with Gasteiger partial charge in [0.15, 0.2) is 0 Å². The first-order chi connectivity index (χ1) is 12.1. The summed E-state index contributed by atoms with van der Waals surface area (Å²) in [4.78, 5) is 11.2. The number of ether oxygens (including phenoxy) is 1. The van der Waals surface area contributed by atoms with E-state index < -0.39 is 0 Å². The van der Waals surface area contributed by atoms with Gasteiger partial charge in [-0.25, -0.2) is 4.98 Å². The number of hydrogen-bond acceptors (Lipinski definition) is 5. The number of pyridine rings is 1. The molecule has 1 aromatic heterocycles. The second-order valence-electron chi connectivity index (χ2n) is 8.22. The average Bonchev–Trinajstić information content (AvgIpc) is 2.62. The number of nitrogens with zero attached hydrogens (tertiary/aromatic N) is 3. The molecule has 0 unspecified atom stereocenters. The molecule has 0 saturated carbocycles. The van der Waals surface area contributed by atoms with Crippen LogP contribution in [0.1, 0.15) is 52.8 Å². The first kappa shape index (κ1) is 20.6. The zero-order valence-electron chi connectivity index (χ0n) is 17.3. The topological polar surface area (TPSA) is 49.8 Å². The molecule has 0 aromatic carbocycles. The summed E-state index contributed by atoms with van der Waals surface area (Å²) in [5, 5.41) is 3.26. The van der Waals surface area contributed by atoms with Crippen molar-refractivity contribution in [2.45, 2.75) is 58.7 Å². The van der Waals surface area contributed by atoms with Gasteiger partial charge >= 0.3 is 0 Å². The third-order valence-corrected chi connectivity index (χ3v) is 5.83. The van der Waals surface area contributed by atoms with E-state index in [-0.39, 0.29) is 23.1 Å². The van der Waals surface area contributed by atoms with Crippen LogP contribution in [-0.2, 0) is 4.74 Å². The van der Waals surface area contributed by atoms with Gasteiger partial charge in [-0.15, -0.1) is 0 Å². The molecule has 1 saturated heterocycles. The Morgan fingerprint density at radius 2 is 2.15 bits per heavy atom. The Hall–Kier alpha value is -1.72. The van der Waals surface area contributed by atoms with Crippen molar-refractivity contribution in [1.82, 2.24) is 10.3 Å². The fraction of sp³-hybridized carbons (Fsp3) is 0.619. The molecule has 0 spiro atoms. The van der Waals surface area contributed by atoms with Gasteiger partial charge in [-0.1, -0.05) is 13.0 Å². The van der Waals surface area contributed by atoms with Crippen molar-refractivity contribution >= 4 is 12.5 Å². The zero-order valence-corrected chi connectivity index (χ0v) is 17.3. The van der Waals surface area contributed by atoms with Gasteiger partial charge in [-0.3, -0.25) is 4.99 Å². The van der Waals surface area contributed by atoms with Gasteiger partial charge in [0.25, 0.3) is 0 Å². The fourth-order valence-electron chi connectivity index (χ4n) is 3.60. The number of hydrogen-bond donors (Lipinski definition) is 1. The molecular formula is C21H34N4O. The Kier molecular flexibility index (Phi) is 6.25. The highest BCUT2D eigenvalue weighted by Gasteiger charge is 2.47. The van der Waals surface area contributed by atoms with Gasteiger partial charge in [0.1, 0.15) is 5.82 Å². The molecule has 1 aliphatic rings. The minimum atomic E-state index is -0.170. The van der Waals surface area contributed by atoms with E-state index in [1.165, 1.54) is 5.57 Å². The van der Waals surface area contributed by atoms with Gasteiger partial charge in [0.2, 0.25) is 0 Å². The summed E-state index contributed by atoms with van der Waals surface area (Å²) in [6.07, 6.45) is 2.77. The van der Waals surface area contributed by atoms with E-state index in [4.69, 9.17) is 9.72 Å². The van der Waals surface area contributed by atoms with Gasteiger partial charge in [0.05, 0.1) is 17.9 Å². The molecule has 0 bridgehead atoms. The number of aromatic nitrogens is 1. The van der Waals surface area contributed by atoms with Crippen molar-refractivity contribution in [2.75, 3.05) is 25.6 Å². The molecule has 3 atom stereocenters. The van der Waals surface area contributed by atoms with Crippen molar-refractivity contribution < 1.29 is 4.74 Å². The highest BCUT2D eigenvalue weighted by Crippen LogP contribution is 2.44. The molecule has 5 heteroatoms. The lowest BCUT2D eigenvalue weighted by molar-refractivity contribution is -0.107. The van der Waals surface area contributed by atoms with Crippen molar-refractivity contribution in [1.29, 1.82) is 0 Å². The second-order valence-corrected chi connectivity index (χ2v) is 8.22. The molecule has 1 fully saturated rings. The summed E-state index contributed by atoms with van der Waals surface area (Å²) in [5.41, 5.74) is 1.90. The van der Waals surface area contributed by atoms with Gasteiger partial charge in [-0.05, 0) is 65.6 Å². The van der Waals surface area contributed by atoms with E-state index in [2.05, 4.69) is 81.8 Å². The van der Waals surface area contributed by atoms with Gasteiger partial charge < -0.3 is 15.0 Å². The SMILES string of the molecule is C=N/C=C(\C)[C@]1(C)COC(C)(C)C[C@@H]1N(C)c1cccc([C@H](C)NC)n1. The Balaban J connectivity index is 2.43. The van der Waals surface area contributed by atoms with E-state index in [1.807, 2.05) is 13.2 Å². The molecule has 1 aliphatic heterocycles. The molecule has 144 valence electrons. The molecule has 26 heavy (non-hydrogen) atoms. The van der Waals surface area contributed by atoms with E-state index >= 15 is 0 Å². The average molecular weight is 359 g/mol. The highest BCUT2D eigenvalue weighted by molar-refractivity contribution is 5.42. The van der Waals surface area contributed by atoms with Crippen molar-refractivity contribution in [3.05, 3.63) is 35.7 Å². The van der Waals surface area contributed by atoms with Crippen molar-refractivity contribution in [3.63, 3.8) is 0 Å². The predicted octanol–water partition coefficient (Wildman–Crippen LogP) is 3.98. The summed E-state index contributed by atoms with van der Waals surface area (Å²) in [6.45, 7) is 15.1. The number of anilines is 1. The second kappa shape index (κ2) is 7.89. The van der Waals surface area contributed by atoms with Crippen LogP contribution in [0.5, 0.6) is 0 Å². The predicted molar refractivity (Wildman–Crippen MR) is 110 cm³/mol. The van der Waals surface area contributed by atoms with Crippen LogP contribution in [-0.4, -0.2) is 44.0 Å². The first-order valence-electron chi connectivity index (χ1n) is 9.28. The zero-order chi connectivity index (χ0) is 19.5. The maximum atomic E-state index is 6.18. The fourth-order valence-corrected chi connectivity index (χ4v) is 3.60. The molecule has 0 radical (unpaired) electrons. The molecule has 2 rings (SSSR count). The van der Waals surface area contributed by atoms with Crippen LogP contribution in [0.2, 0.25) is 0 Å². The summed E-state index contributed by atoms with van der Waals surface area (Å²) >= 11 is 0. The highest BCUT2D eigenvalue weighted by atomic mass is 16.5. The maximum absolute atomic E-state index is 6.18. The van der Waals surface area contributed by atoms with Crippen LogP contribution in [0.15, 0.2) is 35.0 Å². The quantitative estimate of drug-likeness (QED) is 0.782. The summed E-state index contributed by atoms with van der Waals surface area (Å²) in [7, 11) is 4.09. The summed E-state index contributed by atoms with van der Waals surface area (Å²) in [5.74, 6) is 0.984. The third-order valence-electron chi connectivity index (χ3n) is 5.83. The molecular weight excluding hydrogens is 324 g/mol. The summed E-state index contributed by atoms with van der Waals surface area (Å²) in [6, 6.07) is 6.69. The molecule has 0 amide bonds. The normalized spacial score (nSPS) is 27.0. The van der Waals surface area contributed by atoms with Crippen LogP contribution >= 0.6 is 0 Å². The Bertz CT molecular complexity index is 670. The van der Waals surface area contributed by atoms with Crippen molar-refractivity contribution in [3.8, 4) is 0 Å². The monoisotopic (exact) mass is 358 g/mol. The Morgan fingerprint density at radius 3 is 2.77 bits per heavy atom. The van der Waals surface area contributed by atoms with E-state index in [0.717, 1.165) is 17.9 Å². The minimum absolute atomic E-state index is 0.155. The van der Waals surface area contributed by atoms with Crippen LogP contribution in [0, 0.1) is 5.41 Å². The van der Waals surface area contributed by atoms with Gasteiger partial charge in [-0.2, -0.15) is 0 Å². The lowest BCUT2D eigenvalue weighted by atomic mass is 9.70. The third kappa shape index (κ3) is 4.15. The van der Waals surface area contributed by atoms with Crippen LogP contribution in [0.25, 0.3) is 0 Å². The summed E-state index contributed by atoms with van der Waals surface area (Å²) < 4.78 is 6.18. The largest absolute Gasteiger partial charge is 0.375 e. The molecule has 1 N–H and O–H groups in total. The minimum Gasteiger partial charge on any atom is -0.375 e. The standard InChI is InChI=1S/C21H34N4O/c1-15(13-22-6)21(5)14-26-20(3,4)12-18(21)25(8)19-11-9-10-17(24-19)16(2)23-7/h9-11,13,16,18,23H,6,12,14H2,1-5,7-8H3/b15-13+/t16-,18-,21-/m0/s1. The number of nitrogens with one attached hydrogen (secondary N) is 1. The smallest absolute Gasteiger partial charge is 0.128 e. The lowest BCUT2D eigenvalue weighted by Crippen LogP contribution is -2.56. The molecule has 1 aromatic rings. The van der Waals surface area contributed by atoms with E-state index in [9.17, 15) is 0 Å². The Morgan fingerprint density at radius 1 is 1.46 bits per heavy atom. The molecule has 5 nitrogen and oxygen atoms in total. The van der Waals surface area contributed by atoms with Crippen LogP contribution < -0.4 is 10.2 Å². The van der Waals surface area contributed by atoms with E-state index in [0.29, 0.717) is 6.61 Å². The first-order valence-corrected chi connectivity index (χ1v) is 9.28. The molecule has 0 aliphatic carbocycles. The lowest BCUT2D eigenvalue weighted by Gasteiger charge is -2.51. The molecule has 2 heterocycles. The van der Waals surface area contributed by atoms with E-state index in [1.54, 1.807) is 0 Å². The maximum Gasteiger partial charge on any atom is 0.128 e. The van der Waals surface area contributed by atoms with Crippen LogP contribution in [0.3, 0.4) is 0 Å². The number of aliphatic imine (C=N–C) groups is 1. The van der Waals surface area contributed by atoms with Crippen molar-refractivity contribution in [2.24, 2.45) is 10.4 Å². The van der Waals surface area contributed by atoms with Crippen LogP contribution in [0.4, 0.5) is 5.82 Å².